The Kier molecular flexibility index (Phi) is 3.56. The van der Waals surface area contributed by atoms with Crippen LogP contribution in [0.2, 0.25) is 5.02 Å². The molecule has 1 aliphatic rings. The van der Waals surface area contributed by atoms with Gasteiger partial charge in [-0.25, -0.2) is 0 Å². The molecular weight excluding hydrogens is 224 g/mol. The van der Waals surface area contributed by atoms with Gasteiger partial charge in [-0.1, -0.05) is 17.7 Å². The SMILES string of the molecule is CNCCC1Oc2c(Cl)cccc2NC1C. The minimum absolute atomic E-state index is 0.167. The molecule has 0 saturated carbocycles. The first-order valence-electron chi connectivity index (χ1n) is 5.58. The van der Waals surface area contributed by atoms with Crippen LogP contribution in [0.1, 0.15) is 13.3 Å². The van der Waals surface area contributed by atoms with Crippen LogP contribution in [0.25, 0.3) is 0 Å². The summed E-state index contributed by atoms with van der Waals surface area (Å²) in [6, 6.07) is 6.08. The first kappa shape index (κ1) is 11.6. The molecule has 0 saturated heterocycles. The maximum atomic E-state index is 6.11. The summed E-state index contributed by atoms with van der Waals surface area (Å²) in [5, 5.41) is 7.23. The smallest absolute Gasteiger partial charge is 0.161 e. The number of ether oxygens (including phenoxy) is 1. The van der Waals surface area contributed by atoms with E-state index < -0.39 is 0 Å². The van der Waals surface area contributed by atoms with Crippen LogP contribution in [0, 0.1) is 0 Å². The number of rotatable bonds is 3. The van der Waals surface area contributed by atoms with Gasteiger partial charge in [0.15, 0.2) is 5.75 Å². The molecule has 2 unspecified atom stereocenters. The van der Waals surface area contributed by atoms with Crippen molar-refractivity contribution >= 4 is 17.3 Å². The maximum absolute atomic E-state index is 6.11. The Morgan fingerprint density at radius 1 is 1.50 bits per heavy atom. The summed E-state index contributed by atoms with van der Waals surface area (Å²) in [4.78, 5) is 0. The molecular formula is C12H17ClN2O. The van der Waals surface area contributed by atoms with E-state index >= 15 is 0 Å². The number of hydrogen-bond donors (Lipinski definition) is 2. The first-order valence-corrected chi connectivity index (χ1v) is 5.96. The highest BCUT2D eigenvalue weighted by molar-refractivity contribution is 6.32. The molecule has 2 atom stereocenters. The van der Waals surface area contributed by atoms with Gasteiger partial charge in [0.1, 0.15) is 6.10 Å². The topological polar surface area (TPSA) is 33.3 Å². The quantitative estimate of drug-likeness (QED) is 0.852. The summed E-state index contributed by atoms with van der Waals surface area (Å²) in [6.45, 7) is 3.07. The third kappa shape index (κ3) is 2.25. The molecule has 0 spiro atoms. The molecule has 0 aromatic heterocycles. The van der Waals surface area contributed by atoms with Crippen LogP contribution >= 0.6 is 11.6 Å². The normalized spacial score (nSPS) is 23.2. The Balaban J connectivity index is 2.16. The average Bonchev–Trinajstić information content (AvgIpc) is 2.27. The number of halogens is 1. The monoisotopic (exact) mass is 240 g/mol. The van der Waals surface area contributed by atoms with Crippen LogP contribution in [0.15, 0.2) is 18.2 Å². The number of fused-ring (bicyclic) bond motifs is 1. The second-order valence-corrected chi connectivity index (χ2v) is 4.51. The van der Waals surface area contributed by atoms with E-state index in [2.05, 4.69) is 17.6 Å². The van der Waals surface area contributed by atoms with Crippen molar-refractivity contribution in [1.82, 2.24) is 5.32 Å². The molecule has 1 aromatic carbocycles. The van der Waals surface area contributed by atoms with Crippen molar-refractivity contribution in [1.29, 1.82) is 0 Å². The van der Waals surface area contributed by atoms with Crippen molar-refractivity contribution < 1.29 is 4.74 Å². The van der Waals surface area contributed by atoms with E-state index in [9.17, 15) is 0 Å². The van der Waals surface area contributed by atoms with Gasteiger partial charge < -0.3 is 15.4 Å². The fraction of sp³-hybridized carbons (Fsp3) is 0.500. The molecule has 3 nitrogen and oxygen atoms in total. The van der Waals surface area contributed by atoms with Crippen molar-refractivity contribution in [2.75, 3.05) is 18.9 Å². The van der Waals surface area contributed by atoms with Crippen LogP contribution in [0.5, 0.6) is 5.75 Å². The molecule has 1 aromatic rings. The second kappa shape index (κ2) is 4.93. The van der Waals surface area contributed by atoms with E-state index in [1.807, 2.05) is 25.2 Å². The van der Waals surface area contributed by atoms with Gasteiger partial charge in [-0.3, -0.25) is 0 Å². The van der Waals surface area contributed by atoms with E-state index in [4.69, 9.17) is 16.3 Å². The van der Waals surface area contributed by atoms with E-state index in [1.54, 1.807) is 0 Å². The molecule has 0 fully saturated rings. The maximum Gasteiger partial charge on any atom is 0.161 e. The third-order valence-corrected chi connectivity index (χ3v) is 3.15. The fourth-order valence-corrected chi connectivity index (χ4v) is 2.15. The van der Waals surface area contributed by atoms with Gasteiger partial charge >= 0.3 is 0 Å². The second-order valence-electron chi connectivity index (χ2n) is 4.10. The Morgan fingerprint density at radius 2 is 2.31 bits per heavy atom. The zero-order chi connectivity index (χ0) is 11.5. The molecule has 16 heavy (non-hydrogen) atoms. The first-order chi connectivity index (χ1) is 7.72. The summed E-state index contributed by atoms with van der Waals surface area (Å²) in [5.41, 5.74) is 0.987. The molecule has 2 rings (SSSR count). The lowest BCUT2D eigenvalue weighted by Crippen LogP contribution is -2.40. The summed E-state index contributed by atoms with van der Waals surface area (Å²) in [7, 11) is 1.95. The molecule has 88 valence electrons. The Bertz CT molecular complexity index is 370. The Labute approximate surface area is 101 Å². The third-order valence-electron chi connectivity index (χ3n) is 2.86. The van der Waals surface area contributed by atoms with Gasteiger partial charge in [-0.15, -0.1) is 0 Å². The van der Waals surface area contributed by atoms with Gasteiger partial charge in [-0.05, 0) is 39.1 Å². The predicted octanol–water partition coefficient (Wildman–Crippen LogP) is 2.51. The number of hydrogen-bond acceptors (Lipinski definition) is 3. The predicted molar refractivity (Wildman–Crippen MR) is 67.5 cm³/mol. The lowest BCUT2D eigenvalue weighted by atomic mass is 10.1. The van der Waals surface area contributed by atoms with Gasteiger partial charge in [0.2, 0.25) is 0 Å². The Morgan fingerprint density at radius 3 is 3.06 bits per heavy atom. The molecule has 4 heteroatoms. The van der Waals surface area contributed by atoms with Crippen molar-refractivity contribution in [2.45, 2.75) is 25.5 Å². The van der Waals surface area contributed by atoms with Crippen molar-refractivity contribution in [3.8, 4) is 5.75 Å². The molecule has 0 amide bonds. The van der Waals surface area contributed by atoms with Crippen molar-refractivity contribution in [2.24, 2.45) is 0 Å². The number of para-hydroxylation sites is 1. The summed E-state index contributed by atoms with van der Waals surface area (Å²) >= 11 is 6.11. The summed E-state index contributed by atoms with van der Waals surface area (Å²) < 4.78 is 5.94. The highest BCUT2D eigenvalue weighted by Crippen LogP contribution is 2.38. The molecule has 2 N–H and O–H groups in total. The minimum atomic E-state index is 0.167. The number of nitrogens with one attached hydrogen (secondary N) is 2. The highest BCUT2D eigenvalue weighted by atomic mass is 35.5. The molecule has 0 radical (unpaired) electrons. The number of anilines is 1. The molecule has 0 aliphatic carbocycles. The average molecular weight is 241 g/mol. The fourth-order valence-electron chi connectivity index (χ4n) is 1.93. The summed E-state index contributed by atoms with van der Waals surface area (Å²) in [6.07, 6.45) is 1.13. The lowest BCUT2D eigenvalue weighted by Gasteiger charge is -2.33. The zero-order valence-electron chi connectivity index (χ0n) is 9.59. The van der Waals surface area contributed by atoms with Crippen LogP contribution < -0.4 is 15.4 Å². The van der Waals surface area contributed by atoms with Crippen LogP contribution in [-0.2, 0) is 0 Å². The van der Waals surface area contributed by atoms with Crippen molar-refractivity contribution in [3.05, 3.63) is 23.2 Å². The standard InChI is InChI=1S/C12H17ClN2O/c1-8-11(6-7-14-2)16-12-9(13)4-3-5-10(12)15-8/h3-5,8,11,14-15H,6-7H2,1-2H3. The number of benzene rings is 1. The Hall–Kier alpha value is -0.930. The minimum Gasteiger partial charge on any atom is -0.485 e. The van der Waals surface area contributed by atoms with E-state index in [-0.39, 0.29) is 6.10 Å². The highest BCUT2D eigenvalue weighted by Gasteiger charge is 2.26. The van der Waals surface area contributed by atoms with E-state index in [0.29, 0.717) is 11.1 Å². The van der Waals surface area contributed by atoms with Gasteiger partial charge in [0.05, 0.1) is 16.8 Å². The largest absolute Gasteiger partial charge is 0.485 e. The molecule has 1 aliphatic heterocycles. The van der Waals surface area contributed by atoms with Gasteiger partial charge in [0.25, 0.3) is 0 Å². The summed E-state index contributed by atoms with van der Waals surface area (Å²) in [5.74, 6) is 0.781. The molecule has 0 bridgehead atoms. The molecule has 1 heterocycles. The van der Waals surface area contributed by atoms with E-state index in [0.717, 1.165) is 24.4 Å². The van der Waals surface area contributed by atoms with Crippen LogP contribution in [0.3, 0.4) is 0 Å². The lowest BCUT2D eigenvalue weighted by molar-refractivity contribution is 0.165. The van der Waals surface area contributed by atoms with Crippen LogP contribution in [-0.4, -0.2) is 25.7 Å². The van der Waals surface area contributed by atoms with E-state index in [1.165, 1.54) is 0 Å². The zero-order valence-corrected chi connectivity index (χ0v) is 10.3. The van der Waals surface area contributed by atoms with Gasteiger partial charge in [0, 0.05) is 0 Å². The van der Waals surface area contributed by atoms with Gasteiger partial charge in [-0.2, -0.15) is 0 Å². The van der Waals surface area contributed by atoms with Crippen LogP contribution in [0.4, 0.5) is 5.69 Å². The van der Waals surface area contributed by atoms with Crippen molar-refractivity contribution in [3.63, 3.8) is 0 Å².